The summed E-state index contributed by atoms with van der Waals surface area (Å²) in [6, 6.07) is 0. The Morgan fingerprint density at radius 3 is 0.724 bits per heavy atom. The van der Waals surface area contributed by atoms with Gasteiger partial charge in [0.25, 0.3) is 0 Å². The van der Waals surface area contributed by atoms with Crippen LogP contribution in [0.3, 0.4) is 0 Å². The Bertz CT molecular complexity index is 2010. The van der Waals surface area contributed by atoms with Crippen LogP contribution in [0.25, 0.3) is 0 Å². The third kappa shape index (κ3) is 78.5. The molecule has 0 saturated carbocycles. The number of rotatable bonds is 85. The van der Waals surface area contributed by atoms with E-state index in [1.807, 2.05) is 0 Å². The van der Waals surface area contributed by atoms with Gasteiger partial charge in [-0.25, -0.2) is 9.13 Å². The lowest BCUT2D eigenvalue weighted by molar-refractivity contribution is -0.161. The van der Waals surface area contributed by atoms with Gasteiger partial charge in [0, 0.05) is 25.7 Å². The molecule has 0 bridgehead atoms. The molecule has 19 heteroatoms. The zero-order valence-electron chi connectivity index (χ0n) is 69.0. The topological polar surface area (TPSA) is 237 Å². The van der Waals surface area contributed by atoms with Gasteiger partial charge < -0.3 is 33.8 Å². The van der Waals surface area contributed by atoms with Crippen molar-refractivity contribution < 1.29 is 80.2 Å². The van der Waals surface area contributed by atoms with Crippen molar-refractivity contribution in [3.63, 3.8) is 0 Å². The van der Waals surface area contributed by atoms with E-state index < -0.39 is 97.5 Å². The van der Waals surface area contributed by atoms with Crippen LogP contribution in [-0.2, 0) is 65.4 Å². The number of unbranched alkanes of at least 4 members (excludes halogenated alkanes) is 54. The summed E-state index contributed by atoms with van der Waals surface area (Å²) in [6.07, 6.45) is 69.5. The quantitative estimate of drug-likeness (QED) is 0.0222. The Balaban J connectivity index is 5.24. The molecule has 0 aromatic rings. The molecule has 0 radical (unpaired) electrons. The van der Waals surface area contributed by atoms with Gasteiger partial charge in [0.1, 0.15) is 19.3 Å². The number of aliphatic hydroxyl groups is 1. The number of hydrogen-bond acceptors (Lipinski definition) is 15. The summed E-state index contributed by atoms with van der Waals surface area (Å²) in [6.45, 7) is 9.66. The SMILES string of the molecule is CCCCCCCCCCCCCCCCCCCCCCCC(=O)O[C@H](COC(=O)CCCCCCCCCCCCCCCCCCCCC)COP(=O)(O)OC[C@@H](O)COP(=O)(O)OC[C@@H](COC(=O)CCCCCCCCCCC(C)CC)OC(=O)CCCCCCCCCCCCC(C)C. The molecule has 0 aromatic carbocycles. The summed E-state index contributed by atoms with van der Waals surface area (Å²) >= 11 is 0. The molecule has 624 valence electrons. The molecule has 0 spiro atoms. The molecule has 0 aliphatic rings. The molecule has 3 N–H and O–H groups in total. The van der Waals surface area contributed by atoms with Gasteiger partial charge in [-0.3, -0.25) is 37.3 Å². The molecule has 0 aliphatic carbocycles. The highest BCUT2D eigenvalue weighted by molar-refractivity contribution is 7.47. The second-order valence-corrected chi connectivity index (χ2v) is 34.6. The fourth-order valence-corrected chi connectivity index (χ4v) is 15.0. The van der Waals surface area contributed by atoms with Crippen molar-refractivity contribution >= 4 is 39.5 Å². The number of hydrogen-bond donors (Lipinski definition) is 3. The minimum atomic E-state index is -4.97. The summed E-state index contributed by atoms with van der Waals surface area (Å²) in [4.78, 5) is 73.2. The van der Waals surface area contributed by atoms with Gasteiger partial charge in [0.05, 0.1) is 26.4 Å². The first kappa shape index (κ1) is 103. The van der Waals surface area contributed by atoms with Crippen LogP contribution in [0, 0.1) is 11.8 Å². The number of carbonyl (C=O) groups excluding carboxylic acids is 4. The van der Waals surface area contributed by atoms with Gasteiger partial charge in [-0.15, -0.1) is 0 Å². The van der Waals surface area contributed by atoms with Crippen molar-refractivity contribution in [2.24, 2.45) is 11.8 Å². The standard InChI is InChI=1S/C86H168O17P2/c1-7-10-12-14-16-18-20-22-24-26-28-29-31-33-35-37-39-44-52-58-64-70-85(90)102-81(74-96-83(88)68-62-56-50-43-38-36-34-32-30-27-25-23-21-19-17-15-13-11-8-2)76-100-104(92,93)98-72-80(87)73-99-105(94,95)101-77-82(75-97-84(89)69-63-57-51-47-46-49-55-61-67-79(6)9-3)103-86(91)71-65-59-53-45-41-40-42-48-54-60-66-78(4)5/h78-82,87H,7-77H2,1-6H3,(H,92,93)(H,94,95)/t79?,80-,81-,82-/m1/s1. The summed E-state index contributed by atoms with van der Waals surface area (Å²) in [5.74, 6) is -0.575. The lowest BCUT2D eigenvalue weighted by Crippen LogP contribution is -2.30. The van der Waals surface area contributed by atoms with E-state index in [0.29, 0.717) is 25.7 Å². The first-order chi connectivity index (χ1) is 50.9. The van der Waals surface area contributed by atoms with E-state index in [-0.39, 0.29) is 25.7 Å². The first-order valence-electron chi connectivity index (χ1n) is 44.5. The third-order valence-corrected chi connectivity index (χ3v) is 22.5. The zero-order valence-corrected chi connectivity index (χ0v) is 70.8. The van der Waals surface area contributed by atoms with E-state index in [1.54, 1.807) is 0 Å². The van der Waals surface area contributed by atoms with E-state index in [0.717, 1.165) is 102 Å². The Kier molecular flexibility index (Phi) is 76.0. The van der Waals surface area contributed by atoms with Crippen LogP contribution in [0.5, 0.6) is 0 Å². The average Bonchev–Trinajstić information content (AvgIpc) is 0.904. The van der Waals surface area contributed by atoms with Gasteiger partial charge in [0.15, 0.2) is 12.2 Å². The largest absolute Gasteiger partial charge is 0.472 e. The summed E-state index contributed by atoms with van der Waals surface area (Å²) in [5.41, 5.74) is 0. The van der Waals surface area contributed by atoms with Crippen molar-refractivity contribution in [1.29, 1.82) is 0 Å². The normalized spacial score (nSPS) is 14.1. The first-order valence-corrected chi connectivity index (χ1v) is 47.5. The Morgan fingerprint density at radius 2 is 0.486 bits per heavy atom. The Morgan fingerprint density at radius 1 is 0.276 bits per heavy atom. The molecule has 3 unspecified atom stereocenters. The van der Waals surface area contributed by atoms with Crippen molar-refractivity contribution in [3.8, 4) is 0 Å². The molecule has 0 heterocycles. The van der Waals surface area contributed by atoms with E-state index in [1.165, 1.54) is 276 Å². The maximum absolute atomic E-state index is 13.2. The molecular weight excluding hydrogens is 1370 g/mol. The maximum Gasteiger partial charge on any atom is 0.472 e. The summed E-state index contributed by atoms with van der Waals surface area (Å²) in [5, 5.41) is 10.7. The van der Waals surface area contributed by atoms with Gasteiger partial charge in [-0.05, 0) is 37.5 Å². The van der Waals surface area contributed by atoms with Crippen molar-refractivity contribution in [2.75, 3.05) is 39.6 Å². The molecule has 0 aromatic heterocycles. The molecule has 17 nitrogen and oxygen atoms in total. The van der Waals surface area contributed by atoms with Gasteiger partial charge in [0.2, 0.25) is 0 Å². The summed E-state index contributed by atoms with van der Waals surface area (Å²) in [7, 11) is -9.93. The molecule has 0 saturated heterocycles. The van der Waals surface area contributed by atoms with Crippen LogP contribution in [-0.4, -0.2) is 96.7 Å². The predicted molar refractivity (Wildman–Crippen MR) is 432 cm³/mol. The van der Waals surface area contributed by atoms with Crippen LogP contribution in [0.2, 0.25) is 0 Å². The maximum atomic E-state index is 13.2. The number of phosphoric ester groups is 2. The Labute approximate surface area is 645 Å². The molecule has 6 atom stereocenters. The van der Waals surface area contributed by atoms with Crippen LogP contribution in [0.4, 0.5) is 0 Å². The monoisotopic (exact) mass is 1540 g/mol. The van der Waals surface area contributed by atoms with E-state index in [9.17, 15) is 43.2 Å². The fourth-order valence-electron chi connectivity index (χ4n) is 13.4. The fraction of sp³-hybridized carbons (Fsp3) is 0.953. The molecular formula is C86H168O17P2. The van der Waals surface area contributed by atoms with Crippen molar-refractivity contribution in [1.82, 2.24) is 0 Å². The second-order valence-electron chi connectivity index (χ2n) is 31.6. The lowest BCUT2D eigenvalue weighted by Gasteiger charge is -2.21. The highest BCUT2D eigenvalue weighted by atomic mass is 31.2. The molecule has 0 fully saturated rings. The van der Waals surface area contributed by atoms with E-state index in [4.69, 9.17) is 37.0 Å². The minimum absolute atomic E-state index is 0.106. The number of ether oxygens (including phenoxy) is 4. The van der Waals surface area contributed by atoms with E-state index >= 15 is 0 Å². The third-order valence-electron chi connectivity index (χ3n) is 20.6. The summed E-state index contributed by atoms with van der Waals surface area (Å²) < 4.78 is 68.9. The number of esters is 4. The van der Waals surface area contributed by atoms with Gasteiger partial charge in [-0.1, -0.05) is 408 Å². The van der Waals surface area contributed by atoms with E-state index in [2.05, 4.69) is 41.5 Å². The lowest BCUT2D eigenvalue weighted by atomic mass is 9.99. The van der Waals surface area contributed by atoms with Gasteiger partial charge in [-0.2, -0.15) is 0 Å². The molecule has 0 rings (SSSR count). The van der Waals surface area contributed by atoms with Crippen molar-refractivity contribution in [3.05, 3.63) is 0 Å². The minimum Gasteiger partial charge on any atom is -0.462 e. The number of phosphoric acid groups is 2. The highest BCUT2D eigenvalue weighted by Gasteiger charge is 2.30. The highest BCUT2D eigenvalue weighted by Crippen LogP contribution is 2.45. The van der Waals surface area contributed by atoms with Crippen LogP contribution in [0.1, 0.15) is 459 Å². The number of carbonyl (C=O) groups is 4. The predicted octanol–water partition coefficient (Wildman–Crippen LogP) is 26.2. The van der Waals surface area contributed by atoms with Gasteiger partial charge >= 0.3 is 39.5 Å². The number of aliphatic hydroxyl groups excluding tert-OH is 1. The average molecular weight is 1540 g/mol. The molecule has 0 amide bonds. The smallest absolute Gasteiger partial charge is 0.462 e. The second kappa shape index (κ2) is 77.4. The zero-order chi connectivity index (χ0) is 77.1. The molecule has 0 aliphatic heterocycles. The van der Waals surface area contributed by atoms with Crippen molar-refractivity contribution in [2.45, 2.75) is 477 Å². The van der Waals surface area contributed by atoms with Crippen LogP contribution in [0.15, 0.2) is 0 Å². The molecule has 105 heavy (non-hydrogen) atoms. The van der Waals surface area contributed by atoms with Crippen LogP contribution >= 0.6 is 15.6 Å². The Hall–Kier alpha value is -1.94. The van der Waals surface area contributed by atoms with Crippen LogP contribution < -0.4 is 0 Å².